The Morgan fingerprint density at radius 2 is 2.00 bits per heavy atom. The number of halogens is 1. The van der Waals surface area contributed by atoms with Gasteiger partial charge in [0.25, 0.3) is 5.91 Å². The molecule has 0 spiro atoms. The summed E-state index contributed by atoms with van der Waals surface area (Å²) in [6.07, 6.45) is 0. The quantitative estimate of drug-likeness (QED) is 0.851. The van der Waals surface area contributed by atoms with E-state index in [2.05, 4.69) is 5.32 Å². The van der Waals surface area contributed by atoms with Gasteiger partial charge >= 0.3 is 0 Å². The van der Waals surface area contributed by atoms with E-state index in [1.807, 2.05) is 19.1 Å². The Hall–Kier alpha value is -2.20. The van der Waals surface area contributed by atoms with Crippen LogP contribution < -0.4 is 15.8 Å². The van der Waals surface area contributed by atoms with Gasteiger partial charge < -0.3 is 15.8 Å². The predicted molar refractivity (Wildman–Crippen MR) is 81.5 cm³/mol. The molecular formula is C15H15ClN2O2. The third kappa shape index (κ3) is 3.03. The average Bonchev–Trinajstić information content (AvgIpc) is 2.42. The number of hydrogen-bond acceptors (Lipinski definition) is 3. The van der Waals surface area contributed by atoms with Gasteiger partial charge in [0.05, 0.1) is 23.5 Å². The van der Waals surface area contributed by atoms with E-state index in [0.717, 1.165) is 5.56 Å². The van der Waals surface area contributed by atoms with Crippen LogP contribution in [0.15, 0.2) is 36.4 Å². The zero-order chi connectivity index (χ0) is 14.7. The summed E-state index contributed by atoms with van der Waals surface area (Å²) < 4.78 is 5.06. The van der Waals surface area contributed by atoms with Gasteiger partial charge in [0.2, 0.25) is 0 Å². The van der Waals surface area contributed by atoms with Crippen LogP contribution in [0, 0.1) is 6.92 Å². The number of ether oxygens (including phenoxy) is 1. The van der Waals surface area contributed by atoms with Crippen molar-refractivity contribution in [2.45, 2.75) is 6.92 Å². The van der Waals surface area contributed by atoms with Crippen molar-refractivity contribution in [3.63, 3.8) is 0 Å². The Morgan fingerprint density at radius 1 is 1.25 bits per heavy atom. The summed E-state index contributed by atoms with van der Waals surface area (Å²) in [6.45, 7) is 1.93. The molecule has 2 rings (SSSR count). The number of carbonyl (C=O) groups is 1. The first-order valence-electron chi connectivity index (χ1n) is 6.02. The number of carbonyl (C=O) groups excluding carboxylic acids is 1. The fourth-order valence-corrected chi connectivity index (χ4v) is 1.97. The van der Waals surface area contributed by atoms with E-state index in [4.69, 9.17) is 22.1 Å². The Labute approximate surface area is 122 Å². The van der Waals surface area contributed by atoms with Crippen LogP contribution in [0.4, 0.5) is 11.4 Å². The molecule has 0 aromatic heterocycles. The summed E-state index contributed by atoms with van der Waals surface area (Å²) in [4.78, 5) is 12.2. The van der Waals surface area contributed by atoms with Gasteiger partial charge in [-0.2, -0.15) is 0 Å². The molecule has 0 bridgehead atoms. The van der Waals surface area contributed by atoms with E-state index >= 15 is 0 Å². The van der Waals surface area contributed by atoms with Gasteiger partial charge in [0.15, 0.2) is 0 Å². The van der Waals surface area contributed by atoms with Crippen LogP contribution in [0.3, 0.4) is 0 Å². The van der Waals surface area contributed by atoms with Crippen molar-refractivity contribution in [3.8, 4) is 5.75 Å². The number of methoxy groups -OCH3 is 1. The second-order valence-corrected chi connectivity index (χ2v) is 4.80. The molecule has 2 aromatic rings. The zero-order valence-electron chi connectivity index (χ0n) is 11.2. The standard InChI is InChI=1S/C15H15ClN2O2/c1-9-3-5-11(16)13(7-9)18-15(19)10-4-6-14(20-2)12(17)8-10/h3-8H,17H2,1-2H3,(H,18,19). The molecule has 2 aromatic carbocycles. The van der Waals surface area contributed by atoms with Crippen molar-refractivity contribution >= 4 is 28.9 Å². The van der Waals surface area contributed by atoms with E-state index in [1.54, 1.807) is 24.3 Å². The van der Waals surface area contributed by atoms with Crippen molar-refractivity contribution in [1.82, 2.24) is 0 Å². The molecule has 0 radical (unpaired) electrons. The highest BCUT2D eigenvalue weighted by atomic mass is 35.5. The predicted octanol–water partition coefficient (Wildman–Crippen LogP) is 3.49. The molecule has 5 heteroatoms. The maximum Gasteiger partial charge on any atom is 0.255 e. The summed E-state index contributed by atoms with van der Waals surface area (Å²) in [5.74, 6) is 0.266. The minimum Gasteiger partial charge on any atom is -0.495 e. The third-order valence-corrected chi connectivity index (χ3v) is 3.19. The first-order valence-corrected chi connectivity index (χ1v) is 6.40. The Bertz CT molecular complexity index is 656. The van der Waals surface area contributed by atoms with Crippen molar-refractivity contribution in [3.05, 3.63) is 52.5 Å². The second kappa shape index (κ2) is 5.84. The maximum atomic E-state index is 12.2. The van der Waals surface area contributed by atoms with Crippen LogP contribution in [0.1, 0.15) is 15.9 Å². The third-order valence-electron chi connectivity index (χ3n) is 2.86. The number of benzene rings is 2. The SMILES string of the molecule is COc1ccc(C(=O)Nc2cc(C)ccc2Cl)cc1N. The molecule has 0 atom stereocenters. The molecule has 20 heavy (non-hydrogen) atoms. The highest BCUT2D eigenvalue weighted by Gasteiger charge is 2.10. The molecule has 0 heterocycles. The number of hydrogen-bond donors (Lipinski definition) is 2. The van der Waals surface area contributed by atoms with Crippen LogP contribution in [-0.2, 0) is 0 Å². The number of nitrogens with one attached hydrogen (secondary N) is 1. The summed E-state index contributed by atoms with van der Waals surface area (Å²) >= 11 is 6.05. The lowest BCUT2D eigenvalue weighted by molar-refractivity contribution is 0.102. The number of nitrogen functional groups attached to an aromatic ring is 1. The normalized spacial score (nSPS) is 10.2. The minimum atomic E-state index is -0.271. The summed E-state index contributed by atoms with van der Waals surface area (Å²) in [5.41, 5.74) is 8.23. The maximum absolute atomic E-state index is 12.2. The van der Waals surface area contributed by atoms with E-state index in [1.165, 1.54) is 7.11 Å². The lowest BCUT2D eigenvalue weighted by Gasteiger charge is -2.10. The highest BCUT2D eigenvalue weighted by Crippen LogP contribution is 2.25. The number of rotatable bonds is 3. The fraction of sp³-hybridized carbons (Fsp3) is 0.133. The average molecular weight is 291 g/mol. The fourth-order valence-electron chi connectivity index (χ4n) is 1.80. The zero-order valence-corrected chi connectivity index (χ0v) is 12.0. The van der Waals surface area contributed by atoms with Crippen molar-refractivity contribution in [2.24, 2.45) is 0 Å². The van der Waals surface area contributed by atoms with E-state index in [9.17, 15) is 4.79 Å². The molecule has 0 saturated carbocycles. The number of amides is 1. The second-order valence-electron chi connectivity index (χ2n) is 4.39. The van der Waals surface area contributed by atoms with Gasteiger partial charge in [-0.05, 0) is 42.8 Å². The topological polar surface area (TPSA) is 64.3 Å². The van der Waals surface area contributed by atoms with Crippen LogP contribution in [0.25, 0.3) is 0 Å². The van der Waals surface area contributed by atoms with Gasteiger partial charge in [-0.1, -0.05) is 17.7 Å². The molecule has 0 aliphatic carbocycles. The first-order chi connectivity index (χ1) is 9.51. The molecule has 104 valence electrons. The minimum absolute atomic E-state index is 0.271. The van der Waals surface area contributed by atoms with Crippen LogP contribution in [-0.4, -0.2) is 13.0 Å². The summed E-state index contributed by atoms with van der Waals surface area (Å²) in [6, 6.07) is 10.3. The van der Waals surface area contributed by atoms with Crippen molar-refractivity contribution in [1.29, 1.82) is 0 Å². The Morgan fingerprint density at radius 3 is 2.65 bits per heavy atom. The molecule has 1 amide bonds. The van der Waals surface area contributed by atoms with Gasteiger partial charge in [-0.15, -0.1) is 0 Å². The van der Waals surface area contributed by atoms with Crippen LogP contribution >= 0.6 is 11.6 Å². The van der Waals surface area contributed by atoms with Crippen LogP contribution in [0.5, 0.6) is 5.75 Å². The van der Waals surface area contributed by atoms with E-state index in [0.29, 0.717) is 27.7 Å². The summed E-state index contributed by atoms with van der Waals surface area (Å²) in [7, 11) is 1.53. The monoisotopic (exact) mass is 290 g/mol. The van der Waals surface area contributed by atoms with Gasteiger partial charge in [0.1, 0.15) is 5.75 Å². The van der Waals surface area contributed by atoms with Gasteiger partial charge in [-0.3, -0.25) is 4.79 Å². The van der Waals surface area contributed by atoms with Gasteiger partial charge in [-0.25, -0.2) is 0 Å². The smallest absolute Gasteiger partial charge is 0.255 e. The van der Waals surface area contributed by atoms with Crippen LogP contribution in [0.2, 0.25) is 5.02 Å². The molecule has 0 fully saturated rings. The molecule has 0 aliphatic rings. The molecular weight excluding hydrogens is 276 g/mol. The molecule has 0 unspecified atom stereocenters. The summed E-state index contributed by atoms with van der Waals surface area (Å²) in [5, 5.41) is 3.26. The van der Waals surface area contributed by atoms with E-state index in [-0.39, 0.29) is 5.91 Å². The molecule has 0 saturated heterocycles. The lowest BCUT2D eigenvalue weighted by atomic mass is 10.1. The van der Waals surface area contributed by atoms with E-state index < -0.39 is 0 Å². The van der Waals surface area contributed by atoms with Crippen molar-refractivity contribution < 1.29 is 9.53 Å². The molecule has 4 nitrogen and oxygen atoms in total. The number of nitrogens with two attached hydrogens (primary N) is 1. The first kappa shape index (κ1) is 14.2. The number of anilines is 2. The molecule has 3 N–H and O–H groups in total. The molecule has 0 aliphatic heterocycles. The van der Waals surface area contributed by atoms with Gasteiger partial charge in [0, 0.05) is 5.56 Å². The number of aryl methyl sites for hydroxylation is 1. The highest BCUT2D eigenvalue weighted by molar-refractivity contribution is 6.34. The Balaban J connectivity index is 2.24. The van der Waals surface area contributed by atoms with Crippen molar-refractivity contribution in [2.75, 3.05) is 18.2 Å². The Kier molecular flexibility index (Phi) is 4.15. The largest absolute Gasteiger partial charge is 0.495 e. The lowest BCUT2D eigenvalue weighted by Crippen LogP contribution is -2.12.